The first-order chi connectivity index (χ1) is 53.8. The lowest BCUT2D eigenvalue weighted by Crippen LogP contribution is -2.66. The fraction of sp³-hybridized carbons (Fsp3) is 0.857. The number of hydrogen-bond acceptors (Lipinski definition) is 26. The molecule has 0 radical (unpaired) electrons. The van der Waals surface area contributed by atoms with Gasteiger partial charge in [-0.05, 0) is 90.3 Å². The highest BCUT2D eigenvalue weighted by Crippen LogP contribution is 2.25. The maximum Gasteiger partial charge on any atom is 0.222 e. The second-order valence-electron chi connectivity index (χ2n) is 31.4. The summed E-state index contributed by atoms with van der Waals surface area (Å²) in [4.78, 5) is 144. The number of ketones is 1. The molecule has 113 heavy (non-hydrogen) atoms. The van der Waals surface area contributed by atoms with Crippen molar-refractivity contribution in [1.29, 1.82) is 0 Å². The van der Waals surface area contributed by atoms with Crippen LogP contribution in [-0.2, 0) is 67.0 Å². The van der Waals surface area contributed by atoms with Crippen LogP contribution in [0.4, 0.5) is 0 Å². The van der Waals surface area contributed by atoms with Gasteiger partial charge in [0.05, 0.1) is 114 Å². The summed E-state index contributed by atoms with van der Waals surface area (Å²) in [6.07, 6.45) is 4.84. The Morgan fingerprint density at radius 1 is 0.327 bits per heavy atom. The fourth-order valence-electron chi connectivity index (χ4n) is 14.0. The summed E-state index contributed by atoms with van der Waals surface area (Å²) in [6.45, 7) is 11.0. The van der Waals surface area contributed by atoms with Gasteiger partial charge in [-0.2, -0.15) is 0 Å². The molecule has 3 heterocycles. The molecule has 9 unspecified atom stereocenters. The van der Waals surface area contributed by atoms with Gasteiger partial charge in [-0.25, -0.2) is 0 Å². The molecule has 10 amide bonds. The van der Waals surface area contributed by atoms with Gasteiger partial charge >= 0.3 is 0 Å². The van der Waals surface area contributed by atoms with E-state index in [9.17, 15) is 98.7 Å². The first-order valence-corrected chi connectivity index (χ1v) is 41.0. The van der Waals surface area contributed by atoms with Crippen molar-refractivity contribution in [1.82, 2.24) is 67.9 Å². The average Bonchev–Trinajstić information content (AvgIpc) is 0.822. The number of hydrogen-bond donors (Lipinski definition) is 19. The van der Waals surface area contributed by atoms with Gasteiger partial charge in [0.15, 0.2) is 0 Å². The predicted molar refractivity (Wildman–Crippen MR) is 417 cm³/mol. The van der Waals surface area contributed by atoms with Gasteiger partial charge in [0, 0.05) is 136 Å². The van der Waals surface area contributed by atoms with Crippen molar-refractivity contribution < 1.29 is 113 Å². The van der Waals surface area contributed by atoms with Crippen LogP contribution >= 0.6 is 0 Å². The van der Waals surface area contributed by atoms with E-state index in [0.717, 1.165) is 44.9 Å². The lowest BCUT2D eigenvalue weighted by atomic mass is 9.88. The van der Waals surface area contributed by atoms with E-state index in [1.54, 1.807) is 14.7 Å². The molecular formula is C77H141N13O23. The van der Waals surface area contributed by atoms with Crippen molar-refractivity contribution in [3.05, 3.63) is 0 Å². The van der Waals surface area contributed by atoms with E-state index < -0.39 is 98.2 Å². The third-order valence-corrected chi connectivity index (χ3v) is 20.5. The van der Waals surface area contributed by atoms with Crippen LogP contribution in [0.1, 0.15) is 202 Å². The number of amides is 10. The molecule has 0 aromatic heterocycles. The summed E-state index contributed by atoms with van der Waals surface area (Å²) < 4.78 is 18.4. The Labute approximate surface area is 667 Å². The number of ether oxygens (including phenoxy) is 3. The van der Waals surface area contributed by atoms with Crippen LogP contribution in [0.3, 0.4) is 0 Å². The maximum absolute atomic E-state index is 14.0. The van der Waals surface area contributed by atoms with E-state index in [2.05, 4.69) is 53.2 Å². The monoisotopic (exact) mass is 1620 g/mol. The van der Waals surface area contributed by atoms with Crippen molar-refractivity contribution >= 4 is 64.9 Å². The number of Topliss-reactive ketones (excluding diaryl/α,β-unsaturated/α-hetero) is 1. The topological polar surface area (TPSA) is 528 Å². The Balaban J connectivity index is 1.58. The number of nitrogens with one attached hydrogen (secondary N) is 10. The molecule has 3 saturated heterocycles. The first-order valence-electron chi connectivity index (χ1n) is 41.0. The van der Waals surface area contributed by atoms with Crippen molar-refractivity contribution in [3.63, 3.8) is 0 Å². The highest BCUT2D eigenvalue weighted by molar-refractivity contribution is 5.83. The van der Waals surface area contributed by atoms with Gasteiger partial charge in [0.2, 0.25) is 59.1 Å². The standard InChI is InChI=1S/C77H141N13O23/c1-53(94)84-56-44-88(59(47-91)73(108)70(56)105)38-18-15-25-63(98)78-32-21-35-81-66(101)29-41-111-50-77(87-69(104)28-14-12-10-8-7-9-11-13-24-62(97)76(4,5)6,51-112-42-30-67(102)82-36-22-33-79-64(99)26-16-19-39-89-45-57(85-54(2)95)71(106)74(109)60(89)48-92)52-113-43-31-68(103)83-37-23-34-80-65(100)27-17-20-40-90-46-58(86-55(3)96)72(107)75(110)61(90)49-93/h56-61,70-75,91-93,105-110H,7-52H2,1-6H3,(H,78,98)(H,79,99)(H,80,100)(H,81,101)(H,82,102)(H,83,103)(H,84,94)(H,85,95)(H,86,96)(H,87,104)/t56?,57?,58?,59?,60?,61?,70?,71?,72?,73-,74-,75-,77?/m0/s1. The van der Waals surface area contributed by atoms with Crippen molar-refractivity contribution in [3.8, 4) is 0 Å². The van der Waals surface area contributed by atoms with Gasteiger partial charge in [0.25, 0.3) is 0 Å². The molecule has 0 spiro atoms. The number of carbonyl (C=O) groups excluding carboxylic acids is 11. The Hall–Kier alpha value is -6.23. The lowest BCUT2D eigenvalue weighted by molar-refractivity contribution is -0.130. The second-order valence-corrected chi connectivity index (χ2v) is 31.4. The normalized spacial score (nSPS) is 22.8. The molecule has 36 nitrogen and oxygen atoms in total. The van der Waals surface area contributed by atoms with Gasteiger partial charge in [-0.3, -0.25) is 67.4 Å². The second kappa shape index (κ2) is 57.0. The number of aliphatic hydroxyl groups is 9. The molecule has 3 fully saturated rings. The van der Waals surface area contributed by atoms with Crippen LogP contribution in [0.25, 0.3) is 0 Å². The third-order valence-electron chi connectivity index (χ3n) is 20.5. The van der Waals surface area contributed by atoms with Crippen LogP contribution in [0.2, 0.25) is 0 Å². The molecule has 0 saturated carbocycles. The summed E-state index contributed by atoms with van der Waals surface area (Å²) in [6, 6.07) is -4.37. The summed E-state index contributed by atoms with van der Waals surface area (Å²) in [5.74, 6) is -2.83. The summed E-state index contributed by atoms with van der Waals surface area (Å²) in [7, 11) is 0. The van der Waals surface area contributed by atoms with Crippen LogP contribution in [0, 0.1) is 5.41 Å². The number of likely N-dealkylation sites (tertiary alicyclic amines) is 3. The van der Waals surface area contributed by atoms with Crippen LogP contribution in [0.5, 0.6) is 0 Å². The molecule has 0 aliphatic carbocycles. The van der Waals surface area contributed by atoms with Crippen LogP contribution < -0.4 is 53.2 Å². The summed E-state index contributed by atoms with van der Waals surface area (Å²) >= 11 is 0. The highest BCUT2D eigenvalue weighted by atomic mass is 16.5. The molecule has 3 aliphatic heterocycles. The van der Waals surface area contributed by atoms with E-state index in [1.165, 1.54) is 20.8 Å². The van der Waals surface area contributed by atoms with Crippen molar-refractivity contribution in [2.75, 3.05) is 138 Å². The maximum atomic E-state index is 14.0. The zero-order chi connectivity index (χ0) is 83.7. The minimum Gasteiger partial charge on any atom is -0.395 e. The van der Waals surface area contributed by atoms with E-state index in [-0.39, 0.29) is 214 Å². The van der Waals surface area contributed by atoms with E-state index in [4.69, 9.17) is 14.2 Å². The minimum atomic E-state index is -1.39. The summed E-state index contributed by atoms with van der Waals surface area (Å²) in [5, 5.41) is 121. The molecular weight excluding hydrogens is 1470 g/mol. The lowest BCUT2D eigenvalue weighted by Gasteiger charge is -2.45. The number of rotatable bonds is 60. The van der Waals surface area contributed by atoms with Crippen molar-refractivity contribution in [2.24, 2.45) is 5.41 Å². The quantitative estimate of drug-likeness (QED) is 0.0265. The molecule has 19 N–H and O–H groups in total. The van der Waals surface area contributed by atoms with E-state index in [0.29, 0.717) is 90.3 Å². The van der Waals surface area contributed by atoms with E-state index >= 15 is 0 Å². The van der Waals surface area contributed by atoms with E-state index in [1.807, 2.05) is 20.8 Å². The number of aliphatic hydroxyl groups excluding tert-OH is 9. The third kappa shape index (κ3) is 42.0. The molecule has 3 rings (SSSR count). The number of piperidine rings is 3. The molecule has 12 atom stereocenters. The molecule has 0 aromatic rings. The highest BCUT2D eigenvalue weighted by Gasteiger charge is 2.45. The van der Waals surface area contributed by atoms with Crippen molar-refractivity contribution in [2.45, 2.75) is 280 Å². The molecule has 652 valence electrons. The fourth-order valence-corrected chi connectivity index (χ4v) is 14.0. The minimum absolute atomic E-state index is 0.0845. The van der Waals surface area contributed by atoms with Crippen LogP contribution in [0.15, 0.2) is 0 Å². The average molecular weight is 1620 g/mol. The molecule has 36 heteroatoms. The zero-order valence-electron chi connectivity index (χ0n) is 68.0. The SMILES string of the molecule is CC(=O)NC1CN(CCCCC(=O)NCCCNC(=O)CCOCC(COCCC(=O)NCCCNC(=O)CCCCN2CC(NC(C)=O)C(O)[C@@H](O)C2CO)(COCCC(=O)NCCCNC(=O)CCCCN2CC(NC(C)=O)C(O)[C@@H](O)C2CO)NC(=O)CCCCCCCCCCC(=O)C(C)(C)C)C(CO)[C@H](O)C1O. The molecule has 0 aromatic carbocycles. The van der Waals surface area contributed by atoms with Gasteiger partial charge < -0.3 is 113 Å². The van der Waals surface area contributed by atoms with Crippen LogP contribution in [-0.4, -0.2) is 342 Å². The summed E-state index contributed by atoms with van der Waals surface area (Å²) in [5.41, 5.74) is -1.74. The van der Waals surface area contributed by atoms with Gasteiger partial charge in [-0.1, -0.05) is 59.3 Å². The molecule has 3 aliphatic rings. The Kier molecular flexibility index (Phi) is 50.9. The Morgan fingerprint density at radius 2 is 0.575 bits per heavy atom. The number of nitrogens with zero attached hydrogens (tertiary/aromatic N) is 3. The predicted octanol–water partition coefficient (Wildman–Crippen LogP) is -3.33. The van der Waals surface area contributed by atoms with Gasteiger partial charge in [0.1, 0.15) is 29.6 Å². The number of unbranched alkanes of at least 4 members (excludes halogenated alkanes) is 10. The Bertz CT molecular complexity index is 2570. The number of carbonyl (C=O) groups is 11. The van der Waals surface area contributed by atoms with Gasteiger partial charge in [-0.15, -0.1) is 0 Å². The smallest absolute Gasteiger partial charge is 0.222 e. The Morgan fingerprint density at radius 3 is 0.841 bits per heavy atom. The first kappa shape index (κ1) is 101. The largest absolute Gasteiger partial charge is 0.395 e. The molecule has 0 bridgehead atoms. The zero-order valence-corrected chi connectivity index (χ0v) is 68.0.